The smallest absolute Gasteiger partial charge is 0.407 e. The number of para-hydroxylation sites is 2. The fourth-order valence-corrected chi connectivity index (χ4v) is 5.64. The third-order valence-electron chi connectivity index (χ3n) is 5.41. The minimum atomic E-state index is -1.13. The summed E-state index contributed by atoms with van der Waals surface area (Å²) < 4.78 is 4.45. The number of carbonyl (C=O) groups is 4. The van der Waals surface area contributed by atoms with E-state index in [9.17, 15) is 29.5 Å². The third kappa shape index (κ3) is 3.22. The molecule has 32 heavy (non-hydrogen) atoms. The summed E-state index contributed by atoms with van der Waals surface area (Å²) in [5.41, 5.74) is -0.796. The van der Waals surface area contributed by atoms with E-state index >= 15 is 0 Å². The number of carboxylic acid groups (broad SMARTS) is 1. The number of hydrogen-bond acceptors (Lipinski definition) is 8. The Balaban J connectivity index is 1.68. The van der Waals surface area contributed by atoms with Gasteiger partial charge in [-0.2, -0.15) is 4.73 Å². The number of fused-ring (bicyclic) bond motifs is 2. The Bertz CT molecular complexity index is 1170. The normalized spacial score (nSPS) is 23.4. The second-order valence-electron chi connectivity index (χ2n) is 7.86. The molecule has 2 fully saturated rings. The number of carbonyl (C=O) groups excluding carboxylic acids is 3. The summed E-state index contributed by atoms with van der Waals surface area (Å²) in [5.74, 6) is -3.60. The second-order valence-corrected chi connectivity index (χ2v) is 9.63. The van der Waals surface area contributed by atoms with Gasteiger partial charge in [0, 0.05) is 10.8 Å². The fourth-order valence-electron chi connectivity index (χ4n) is 4.01. The lowest BCUT2D eigenvalue weighted by Crippen LogP contribution is -2.70. The van der Waals surface area contributed by atoms with Crippen LogP contribution in [0.1, 0.15) is 41.7 Å². The Morgan fingerprint density at radius 1 is 1.34 bits per heavy atom. The molecule has 0 spiro atoms. The topological polar surface area (TPSA) is 153 Å². The van der Waals surface area contributed by atoms with Gasteiger partial charge in [-0.05, 0) is 26.8 Å². The van der Waals surface area contributed by atoms with Gasteiger partial charge in [-0.3, -0.25) is 9.59 Å². The molecule has 0 saturated carbocycles. The second kappa shape index (κ2) is 7.62. The van der Waals surface area contributed by atoms with E-state index in [0.717, 1.165) is 0 Å². The van der Waals surface area contributed by atoms with Crippen molar-refractivity contribution in [2.75, 3.05) is 6.61 Å². The molecule has 0 aliphatic carbocycles. The van der Waals surface area contributed by atoms with Crippen LogP contribution in [0, 0.1) is 5.21 Å². The average Bonchev–Trinajstić information content (AvgIpc) is 2.99. The van der Waals surface area contributed by atoms with E-state index in [2.05, 4.69) is 10.3 Å². The number of carboxylic acids is 1. The van der Waals surface area contributed by atoms with Crippen LogP contribution in [0.15, 0.2) is 24.3 Å². The van der Waals surface area contributed by atoms with Gasteiger partial charge < -0.3 is 25.3 Å². The summed E-state index contributed by atoms with van der Waals surface area (Å²) in [7, 11) is 0. The lowest BCUT2D eigenvalue weighted by molar-refractivity contribution is -0.580. The molecular formula is C20H20N4O7S. The number of amides is 2. The maximum Gasteiger partial charge on any atom is 0.407 e. The molecule has 0 unspecified atom stereocenters. The van der Waals surface area contributed by atoms with Crippen LogP contribution in [-0.4, -0.2) is 67.6 Å². The number of nitrogens with one attached hydrogen (secondary N) is 1. The van der Waals surface area contributed by atoms with Crippen LogP contribution < -0.4 is 10.0 Å². The maximum atomic E-state index is 13.1. The third-order valence-corrected chi connectivity index (χ3v) is 6.98. The van der Waals surface area contributed by atoms with Crippen molar-refractivity contribution in [3.05, 3.63) is 40.9 Å². The number of hydrogen-bond donors (Lipinski definition) is 2. The molecular weight excluding hydrogens is 440 g/mol. The maximum absolute atomic E-state index is 13.1. The Labute approximate surface area is 186 Å². The minimum Gasteiger partial charge on any atom is -0.618 e. The molecule has 11 nitrogen and oxygen atoms in total. The number of esters is 1. The highest BCUT2D eigenvalue weighted by Crippen LogP contribution is 2.50. The van der Waals surface area contributed by atoms with Crippen molar-refractivity contribution in [1.29, 1.82) is 0 Å². The molecule has 2 aromatic rings. The predicted molar refractivity (Wildman–Crippen MR) is 112 cm³/mol. The molecule has 1 aromatic carbocycles. The van der Waals surface area contributed by atoms with Gasteiger partial charge >= 0.3 is 17.6 Å². The summed E-state index contributed by atoms with van der Waals surface area (Å²) >= 11 is 1.26. The Kier molecular flexibility index (Phi) is 5.19. The lowest BCUT2D eigenvalue weighted by Gasteiger charge is -2.43. The molecule has 2 amide bonds. The number of ether oxygens (including phenoxy) is 1. The van der Waals surface area contributed by atoms with Gasteiger partial charge in [0.15, 0.2) is 0 Å². The molecule has 2 saturated heterocycles. The molecule has 12 heteroatoms. The molecule has 3 heterocycles. The molecule has 168 valence electrons. The molecule has 2 aliphatic heterocycles. The molecule has 3 atom stereocenters. The van der Waals surface area contributed by atoms with Crippen molar-refractivity contribution < 1.29 is 33.8 Å². The van der Waals surface area contributed by atoms with E-state index < -0.39 is 57.3 Å². The zero-order chi connectivity index (χ0) is 23.4. The first-order valence-electron chi connectivity index (χ1n) is 9.81. The zero-order valence-electron chi connectivity index (χ0n) is 17.4. The number of benzene rings is 1. The quantitative estimate of drug-likeness (QED) is 0.277. The summed E-state index contributed by atoms with van der Waals surface area (Å²) in [5, 5.41) is 24.3. The monoisotopic (exact) mass is 460 g/mol. The van der Waals surface area contributed by atoms with E-state index in [1.165, 1.54) is 28.8 Å². The van der Waals surface area contributed by atoms with Crippen molar-refractivity contribution >= 4 is 46.5 Å². The van der Waals surface area contributed by atoms with Gasteiger partial charge in [-0.15, -0.1) is 11.8 Å². The van der Waals surface area contributed by atoms with Crippen LogP contribution in [0.5, 0.6) is 0 Å². The van der Waals surface area contributed by atoms with Crippen LogP contribution in [0.2, 0.25) is 0 Å². The Morgan fingerprint density at radius 2 is 2.03 bits per heavy atom. The van der Waals surface area contributed by atoms with E-state index in [1.807, 2.05) is 0 Å². The minimum absolute atomic E-state index is 0.0207. The molecule has 2 aliphatic rings. The highest BCUT2D eigenvalue weighted by molar-refractivity contribution is 8.01. The van der Waals surface area contributed by atoms with E-state index in [0.29, 0.717) is 0 Å². The number of aromatic nitrogens is 2. The van der Waals surface area contributed by atoms with Gasteiger partial charge in [0.05, 0.1) is 6.61 Å². The highest BCUT2D eigenvalue weighted by Gasteiger charge is 2.64. The van der Waals surface area contributed by atoms with Crippen molar-refractivity contribution in [3.63, 3.8) is 0 Å². The van der Waals surface area contributed by atoms with Gasteiger partial charge in [0.25, 0.3) is 5.91 Å². The number of β-lactam (4-membered cyclic amide) rings is 1. The van der Waals surface area contributed by atoms with Gasteiger partial charge in [0.1, 0.15) is 23.0 Å². The molecule has 4 rings (SSSR count). The van der Waals surface area contributed by atoms with Gasteiger partial charge in [-0.25, -0.2) is 14.6 Å². The zero-order valence-corrected chi connectivity index (χ0v) is 18.2. The first-order chi connectivity index (χ1) is 15.1. The van der Waals surface area contributed by atoms with Crippen LogP contribution in [-0.2, 0) is 14.3 Å². The number of thioether (sulfide) groups is 1. The van der Waals surface area contributed by atoms with Crippen molar-refractivity contribution in [2.45, 2.75) is 43.0 Å². The van der Waals surface area contributed by atoms with Crippen molar-refractivity contribution in [1.82, 2.24) is 15.2 Å². The van der Waals surface area contributed by atoms with Crippen LogP contribution in [0.4, 0.5) is 0 Å². The van der Waals surface area contributed by atoms with Gasteiger partial charge in [0.2, 0.25) is 17.1 Å². The molecule has 1 aromatic heterocycles. The highest BCUT2D eigenvalue weighted by atomic mass is 32.2. The number of nitrogens with zero attached hydrogens (tertiary/aromatic N) is 3. The predicted octanol–water partition coefficient (Wildman–Crippen LogP) is 0.290. The SMILES string of the molecule is CCOC(=O)c1c(C(=O)N[C@@H]2C(=O)N3[C@@H]2SC(C)(C)[C@@H]3C(=O)O)nc2ccccc2[n+]1[O-]. The van der Waals surface area contributed by atoms with E-state index in [-0.39, 0.29) is 22.4 Å². The summed E-state index contributed by atoms with van der Waals surface area (Å²) in [6, 6.07) is 4.13. The fraction of sp³-hybridized carbons (Fsp3) is 0.400. The standard InChI is InChI=1S/C20H20N4O7S/c1-4-31-19(29)13-11(21-9-7-5-6-8-10(9)24(13)30)15(25)22-12-16(26)23-14(18(27)28)20(2,3)32-17(12)23/h5-8,12,14,17H,4H2,1-3H3,(H,22,25)(H,27,28)/t12-,14+,17-/m1/s1. The summed E-state index contributed by atoms with van der Waals surface area (Å²) in [6.07, 6.45) is 0. The van der Waals surface area contributed by atoms with E-state index in [4.69, 9.17) is 4.74 Å². The van der Waals surface area contributed by atoms with Crippen LogP contribution in [0.3, 0.4) is 0 Å². The van der Waals surface area contributed by atoms with Crippen molar-refractivity contribution in [2.24, 2.45) is 0 Å². The summed E-state index contributed by atoms with van der Waals surface area (Å²) in [4.78, 5) is 55.2. The van der Waals surface area contributed by atoms with Crippen LogP contribution >= 0.6 is 11.8 Å². The van der Waals surface area contributed by atoms with Gasteiger partial charge in [-0.1, -0.05) is 12.1 Å². The molecule has 0 radical (unpaired) electrons. The molecule has 2 N–H and O–H groups in total. The Hall–Kier alpha value is -3.41. The number of aliphatic carboxylic acids is 1. The average molecular weight is 460 g/mol. The van der Waals surface area contributed by atoms with E-state index in [1.54, 1.807) is 32.9 Å². The first-order valence-corrected chi connectivity index (χ1v) is 10.7. The Morgan fingerprint density at radius 3 is 2.69 bits per heavy atom. The first kappa shape index (κ1) is 21.8. The number of rotatable bonds is 5. The molecule has 0 bridgehead atoms. The van der Waals surface area contributed by atoms with Crippen molar-refractivity contribution in [3.8, 4) is 0 Å². The summed E-state index contributed by atoms with van der Waals surface area (Å²) in [6.45, 7) is 4.96. The lowest BCUT2D eigenvalue weighted by atomic mass is 9.96. The van der Waals surface area contributed by atoms with Crippen LogP contribution in [0.25, 0.3) is 11.0 Å². The largest absolute Gasteiger partial charge is 0.618 e.